The van der Waals surface area contributed by atoms with Crippen LogP contribution in [0.25, 0.3) is 0 Å². The highest BCUT2D eigenvalue weighted by Crippen LogP contribution is 2.15. The number of carboxylic acids is 1. The number of carbonyl (C=O) groups is 1. The molecular weight excluding hydrogens is 206 g/mol. The minimum absolute atomic E-state index is 0.101. The highest BCUT2D eigenvalue weighted by Gasteiger charge is 2.23. The number of hydrogen-bond acceptors (Lipinski definition) is 3. The Hall–Kier alpha value is -0.610. The topological polar surface area (TPSA) is 49.8 Å². The molecule has 1 N–H and O–H groups in total. The van der Waals surface area contributed by atoms with Gasteiger partial charge in [-0.1, -0.05) is 13.3 Å². The third-order valence-electron chi connectivity index (χ3n) is 3.18. The predicted molar refractivity (Wildman–Crippen MR) is 62.6 cm³/mol. The van der Waals surface area contributed by atoms with Gasteiger partial charge in [0.25, 0.3) is 0 Å². The van der Waals surface area contributed by atoms with Crippen molar-refractivity contribution in [1.82, 2.24) is 4.90 Å². The average Bonchev–Trinajstić information content (AvgIpc) is 2.27. The Labute approximate surface area is 97.6 Å². The van der Waals surface area contributed by atoms with Crippen LogP contribution in [0.5, 0.6) is 0 Å². The van der Waals surface area contributed by atoms with Crippen LogP contribution < -0.4 is 0 Å². The van der Waals surface area contributed by atoms with Crippen molar-refractivity contribution in [2.24, 2.45) is 0 Å². The van der Waals surface area contributed by atoms with E-state index < -0.39 is 5.97 Å². The molecule has 1 aliphatic heterocycles. The lowest BCUT2D eigenvalue weighted by Crippen LogP contribution is -2.46. The summed E-state index contributed by atoms with van der Waals surface area (Å²) in [5.74, 6) is -0.734. The predicted octanol–water partition coefficient (Wildman–Crippen LogP) is 1.74. The van der Waals surface area contributed by atoms with E-state index >= 15 is 0 Å². The molecule has 0 radical (unpaired) electrons. The van der Waals surface area contributed by atoms with E-state index in [4.69, 9.17) is 9.84 Å². The van der Waals surface area contributed by atoms with Crippen molar-refractivity contribution in [3.63, 3.8) is 0 Å². The van der Waals surface area contributed by atoms with Crippen molar-refractivity contribution in [3.05, 3.63) is 0 Å². The summed E-state index contributed by atoms with van der Waals surface area (Å²) >= 11 is 0. The SMILES string of the molecule is CCCC(C)N1CCO[C@H](CCC(=O)O)C1. The molecule has 1 fully saturated rings. The molecule has 4 heteroatoms. The molecule has 16 heavy (non-hydrogen) atoms. The highest BCUT2D eigenvalue weighted by molar-refractivity contribution is 5.66. The van der Waals surface area contributed by atoms with Gasteiger partial charge in [0.1, 0.15) is 0 Å². The van der Waals surface area contributed by atoms with Gasteiger partial charge in [0, 0.05) is 25.6 Å². The Morgan fingerprint density at radius 3 is 3.00 bits per heavy atom. The maximum Gasteiger partial charge on any atom is 0.303 e. The number of aliphatic carboxylic acids is 1. The molecule has 0 aliphatic carbocycles. The second-order valence-corrected chi connectivity index (χ2v) is 4.56. The summed E-state index contributed by atoms with van der Waals surface area (Å²) in [4.78, 5) is 12.9. The van der Waals surface area contributed by atoms with Crippen LogP contribution in [0.3, 0.4) is 0 Å². The lowest BCUT2D eigenvalue weighted by molar-refractivity contribution is -0.138. The summed E-state index contributed by atoms with van der Waals surface area (Å²) < 4.78 is 5.58. The maximum absolute atomic E-state index is 10.5. The molecule has 1 rings (SSSR count). The summed E-state index contributed by atoms with van der Waals surface area (Å²) in [6, 6.07) is 0.584. The molecular formula is C12H23NO3. The lowest BCUT2D eigenvalue weighted by Gasteiger charge is -2.36. The van der Waals surface area contributed by atoms with E-state index in [1.807, 2.05) is 0 Å². The Morgan fingerprint density at radius 2 is 2.38 bits per heavy atom. The van der Waals surface area contributed by atoms with E-state index in [2.05, 4.69) is 18.7 Å². The summed E-state index contributed by atoms with van der Waals surface area (Å²) in [6.07, 6.45) is 3.33. The number of carboxylic acid groups (broad SMARTS) is 1. The van der Waals surface area contributed by atoms with Gasteiger partial charge in [-0.2, -0.15) is 0 Å². The minimum Gasteiger partial charge on any atom is -0.481 e. The standard InChI is InChI=1S/C12H23NO3/c1-3-4-10(2)13-7-8-16-11(9-13)5-6-12(14)15/h10-11H,3-9H2,1-2H3,(H,14,15)/t10?,11-/m1/s1. The van der Waals surface area contributed by atoms with Gasteiger partial charge < -0.3 is 9.84 Å². The molecule has 1 unspecified atom stereocenters. The number of hydrogen-bond donors (Lipinski definition) is 1. The van der Waals surface area contributed by atoms with Gasteiger partial charge in [0.2, 0.25) is 0 Å². The third kappa shape index (κ3) is 4.49. The first-order valence-corrected chi connectivity index (χ1v) is 6.21. The molecule has 0 bridgehead atoms. The fourth-order valence-corrected chi connectivity index (χ4v) is 2.20. The van der Waals surface area contributed by atoms with E-state index in [0.29, 0.717) is 12.5 Å². The van der Waals surface area contributed by atoms with Crippen LogP contribution in [0.15, 0.2) is 0 Å². The molecule has 0 aromatic rings. The monoisotopic (exact) mass is 229 g/mol. The van der Waals surface area contributed by atoms with Gasteiger partial charge >= 0.3 is 5.97 Å². The third-order valence-corrected chi connectivity index (χ3v) is 3.18. The van der Waals surface area contributed by atoms with Crippen molar-refractivity contribution in [2.45, 2.75) is 51.7 Å². The fourth-order valence-electron chi connectivity index (χ4n) is 2.20. The van der Waals surface area contributed by atoms with Gasteiger partial charge in [0.15, 0.2) is 0 Å². The van der Waals surface area contributed by atoms with Gasteiger partial charge in [-0.15, -0.1) is 0 Å². The van der Waals surface area contributed by atoms with E-state index in [-0.39, 0.29) is 12.5 Å². The fraction of sp³-hybridized carbons (Fsp3) is 0.917. The largest absolute Gasteiger partial charge is 0.481 e. The Kier molecular flexibility index (Phi) is 5.77. The van der Waals surface area contributed by atoms with Crippen molar-refractivity contribution in [3.8, 4) is 0 Å². The zero-order chi connectivity index (χ0) is 12.0. The van der Waals surface area contributed by atoms with Gasteiger partial charge in [0.05, 0.1) is 12.7 Å². The summed E-state index contributed by atoms with van der Waals surface area (Å²) in [5, 5.41) is 8.63. The van der Waals surface area contributed by atoms with E-state index in [0.717, 1.165) is 19.7 Å². The van der Waals surface area contributed by atoms with Crippen LogP contribution >= 0.6 is 0 Å². The van der Waals surface area contributed by atoms with Crippen LogP contribution in [0, 0.1) is 0 Å². The molecule has 1 heterocycles. The van der Waals surface area contributed by atoms with Crippen LogP contribution in [-0.2, 0) is 9.53 Å². The molecule has 1 aliphatic rings. The molecule has 94 valence electrons. The summed E-state index contributed by atoms with van der Waals surface area (Å²) in [7, 11) is 0. The zero-order valence-electron chi connectivity index (χ0n) is 10.3. The Balaban J connectivity index is 2.31. The van der Waals surface area contributed by atoms with Crippen molar-refractivity contribution in [2.75, 3.05) is 19.7 Å². The van der Waals surface area contributed by atoms with Crippen LogP contribution in [-0.4, -0.2) is 47.8 Å². The molecule has 0 spiro atoms. The smallest absolute Gasteiger partial charge is 0.303 e. The molecule has 2 atom stereocenters. The van der Waals surface area contributed by atoms with Gasteiger partial charge in [-0.25, -0.2) is 0 Å². The highest BCUT2D eigenvalue weighted by atomic mass is 16.5. The normalized spacial score (nSPS) is 24.2. The van der Waals surface area contributed by atoms with E-state index in [1.54, 1.807) is 0 Å². The first-order valence-electron chi connectivity index (χ1n) is 6.21. The van der Waals surface area contributed by atoms with Crippen LogP contribution in [0.2, 0.25) is 0 Å². The summed E-state index contributed by atoms with van der Waals surface area (Å²) in [6.45, 7) is 7.03. The number of nitrogens with zero attached hydrogens (tertiary/aromatic N) is 1. The van der Waals surface area contributed by atoms with Crippen LogP contribution in [0.1, 0.15) is 39.5 Å². The van der Waals surface area contributed by atoms with Crippen molar-refractivity contribution >= 4 is 5.97 Å². The molecule has 4 nitrogen and oxygen atoms in total. The van der Waals surface area contributed by atoms with Gasteiger partial charge in [-0.05, 0) is 19.8 Å². The molecule has 0 amide bonds. The molecule has 0 aromatic heterocycles. The minimum atomic E-state index is -0.734. The van der Waals surface area contributed by atoms with Crippen molar-refractivity contribution < 1.29 is 14.6 Å². The average molecular weight is 229 g/mol. The van der Waals surface area contributed by atoms with E-state index in [9.17, 15) is 4.79 Å². The van der Waals surface area contributed by atoms with Crippen LogP contribution in [0.4, 0.5) is 0 Å². The first kappa shape index (κ1) is 13.5. The van der Waals surface area contributed by atoms with Gasteiger partial charge in [-0.3, -0.25) is 9.69 Å². The number of ether oxygens (including phenoxy) is 1. The number of morpholine rings is 1. The Bertz CT molecular complexity index is 220. The molecule has 1 saturated heterocycles. The second kappa shape index (κ2) is 6.86. The summed E-state index contributed by atoms with van der Waals surface area (Å²) in [5.41, 5.74) is 0. The zero-order valence-corrected chi connectivity index (χ0v) is 10.3. The molecule has 0 saturated carbocycles. The quantitative estimate of drug-likeness (QED) is 0.753. The Morgan fingerprint density at radius 1 is 1.62 bits per heavy atom. The molecule has 0 aromatic carbocycles. The van der Waals surface area contributed by atoms with E-state index in [1.165, 1.54) is 12.8 Å². The van der Waals surface area contributed by atoms with Crippen molar-refractivity contribution in [1.29, 1.82) is 0 Å². The lowest BCUT2D eigenvalue weighted by atomic mass is 10.1. The number of rotatable bonds is 6. The second-order valence-electron chi connectivity index (χ2n) is 4.56. The maximum atomic E-state index is 10.5. The first-order chi connectivity index (χ1) is 7.63.